The summed E-state index contributed by atoms with van der Waals surface area (Å²) in [6, 6.07) is 11.0. The summed E-state index contributed by atoms with van der Waals surface area (Å²) >= 11 is 3.69. The normalized spacial score (nSPS) is 16.1. The highest BCUT2D eigenvalue weighted by molar-refractivity contribution is 9.10. The molecule has 1 aliphatic rings. The quantitative estimate of drug-likeness (QED) is 0.889. The first kappa shape index (κ1) is 13.7. The maximum Gasteiger partial charge on any atom is 0.123 e. The van der Waals surface area contributed by atoms with Crippen molar-refractivity contribution in [2.75, 3.05) is 4.90 Å². The number of hydrogen-bond donors (Lipinski definition) is 1. The second kappa shape index (κ2) is 5.62. The molecule has 1 atom stereocenters. The number of nitrogens with zero attached hydrogens (tertiary/aromatic N) is 1. The van der Waals surface area contributed by atoms with Crippen molar-refractivity contribution in [3.63, 3.8) is 0 Å². The molecule has 2 N–H and O–H groups in total. The van der Waals surface area contributed by atoms with E-state index in [0.29, 0.717) is 6.04 Å². The summed E-state index contributed by atoms with van der Waals surface area (Å²) in [5.74, 6) is 1.00. The largest absolute Gasteiger partial charge is 0.467 e. The van der Waals surface area contributed by atoms with Crippen molar-refractivity contribution in [1.29, 1.82) is 0 Å². The van der Waals surface area contributed by atoms with Gasteiger partial charge in [0, 0.05) is 16.6 Å². The Kier molecular flexibility index (Phi) is 3.85. The van der Waals surface area contributed by atoms with Crippen LogP contribution in [0, 0.1) is 0 Å². The summed E-state index contributed by atoms with van der Waals surface area (Å²) in [4.78, 5) is 2.41. The van der Waals surface area contributed by atoms with Gasteiger partial charge in [0.2, 0.25) is 0 Å². The van der Waals surface area contributed by atoms with Crippen LogP contribution in [0.25, 0.3) is 0 Å². The van der Waals surface area contributed by atoms with Crippen LogP contribution >= 0.6 is 15.9 Å². The summed E-state index contributed by atoms with van der Waals surface area (Å²) in [7, 11) is 0. The van der Waals surface area contributed by atoms with E-state index in [1.165, 1.54) is 18.5 Å². The molecular formula is C16H19BrN2O. The molecule has 0 saturated heterocycles. The molecule has 3 rings (SSSR count). The molecule has 1 unspecified atom stereocenters. The second-order valence-electron chi connectivity index (χ2n) is 5.44. The molecule has 1 aliphatic carbocycles. The lowest BCUT2D eigenvalue weighted by molar-refractivity contribution is 0.501. The molecular weight excluding hydrogens is 316 g/mol. The van der Waals surface area contributed by atoms with E-state index in [-0.39, 0.29) is 6.04 Å². The first-order valence-electron chi connectivity index (χ1n) is 6.99. The Morgan fingerprint density at radius 2 is 2.20 bits per heavy atom. The Bertz CT molecular complexity index is 576. The molecule has 1 aromatic heterocycles. The Balaban J connectivity index is 1.87. The molecule has 0 amide bonds. The van der Waals surface area contributed by atoms with Gasteiger partial charge in [-0.05, 0) is 65.5 Å². The van der Waals surface area contributed by atoms with E-state index in [4.69, 9.17) is 10.2 Å². The van der Waals surface area contributed by atoms with Crippen LogP contribution in [0.5, 0.6) is 0 Å². The van der Waals surface area contributed by atoms with Gasteiger partial charge in [0.25, 0.3) is 0 Å². The van der Waals surface area contributed by atoms with E-state index in [9.17, 15) is 0 Å². The minimum Gasteiger partial charge on any atom is -0.467 e. The summed E-state index contributed by atoms with van der Waals surface area (Å²) in [6.07, 6.45) is 4.24. The number of hydrogen-bond acceptors (Lipinski definition) is 3. The Morgan fingerprint density at radius 3 is 2.75 bits per heavy atom. The van der Waals surface area contributed by atoms with E-state index < -0.39 is 0 Å². The fraction of sp³-hybridized carbons (Fsp3) is 0.375. The number of nitrogens with two attached hydrogens (primary N) is 1. The van der Waals surface area contributed by atoms with Gasteiger partial charge >= 0.3 is 0 Å². The number of furan rings is 1. The van der Waals surface area contributed by atoms with Crippen LogP contribution in [0.4, 0.5) is 5.69 Å². The third kappa shape index (κ3) is 2.91. The fourth-order valence-electron chi connectivity index (χ4n) is 2.41. The molecule has 0 spiro atoms. The Labute approximate surface area is 127 Å². The average molecular weight is 335 g/mol. The smallest absolute Gasteiger partial charge is 0.123 e. The van der Waals surface area contributed by atoms with Gasteiger partial charge in [0.1, 0.15) is 5.76 Å². The van der Waals surface area contributed by atoms with Gasteiger partial charge in [-0.25, -0.2) is 0 Å². The Morgan fingerprint density at radius 1 is 1.40 bits per heavy atom. The molecule has 0 bridgehead atoms. The van der Waals surface area contributed by atoms with Gasteiger partial charge in [-0.1, -0.05) is 6.07 Å². The summed E-state index contributed by atoms with van der Waals surface area (Å²) in [6.45, 7) is 2.82. The van der Waals surface area contributed by atoms with Crippen molar-refractivity contribution in [3.8, 4) is 0 Å². The van der Waals surface area contributed by atoms with Crippen LogP contribution in [0.1, 0.15) is 37.1 Å². The van der Waals surface area contributed by atoms with E-state index >= 15 is 0 Å². The standard InChI is InChI=1S/C16H19BrN2O/c1-11(18)12-4-7-16(15(17)9-12)19(13-5-6-13)10-14-3-2-8-20-14/h2-4,7-9,11,13H,5-6,10,18H2,1H3. The lowest BCUT2D eigenvalue weighted by Crippen LogP contribution is -2.25. The Hall–Kier alpha value is -1.26. The van der Waals surface area contributed by atoms with Crippen LogP contribution in [-0.4, -0.2) is 6.04 Å². The first-order chi connectivity index (χ1) is 9.65. The number of rotatable bonds is 5. The van der Waals surface area contributed by atoms with Crippen LogP contribution < -0.4 is 10.6 Å². The molecule has 3 nitrogen and oxygen atoms in total. The molecule has 106 valence electrons. The molecule has 1 aromatic carbocycles. The van der Waals surface area contributed by atoms with E-state index in [1.807, 2.05) is 19.1 Å². The maximum absolute atomic E-state index is 5.94. The fourth-order valence-corrected chi connectivity index (χ4v) is 3.03. The number of anilines is 1. The van der Waals surface area contributed by atoms with Gasteiger partial charge in [-0.15, -0.1) is 0 Å². The van der Waals surface area contributed by atoms with Crippen molar-refractivity contribution in [2.24, 2.45) is 5.73 Å². The zero-order chi connectivity index (χ0) is 14.1. The van der Waals surface area contributed by atoms with Crippen molar-refractivity contribution in [1.82, 2.24) is 0 Å². The third-order valence-electron chi connectivity index (χ3n) is 3.70. The molecule has 4 heteroatoms. The van der Waals surface area contributed by atoms with Crippen LogP contribution in [0.3, 0.4) is 0 Å². The minimum absolute atomic E-state index is 0.0554. The first-order valence-corrected chi connectivity index (χ1v) is 7.78. The molecule has 1 heterocycles. The molecule has 0 radical (unpaired) electrons. The number of benzene rings is 1. The average Bonchev–Trinajstić information content (AvgIpc) is 3.14. The summed E-state index contributed by atoms with van der Waals surface area (Å²) in [5.41, 5.74) is 8.30. The molecule has 20 heavy (non-hydrogen) atoms. The summed E-state index contributed by atoms with van der Waals surface area (Å²) < 4.78 is 6.59. The van der Waals surface area contributed by atoms with Crippen LogP contribution in [0.2, 0.25) is 0 Å². The molecule has 0 aliphatic heterocycles. The zero-order valence-corrected chi connectivity index (χ0v) is 13.1. The number of halogens is 1. The molecule has 1 fully saturated rings. The summed E-state index contributed by atoms with van der Waals surface area (Å²) in [5, 5.41) is 0. The van der Waals surface area contributed by atoms with Crippen molar-refractivity contribution < 1.29 is 4.42 Å². The van der Waals surface area contributed by atoms with E-state index in [2.05, 4.69) is 39.0 Å². The zero-order valence-electron chi connectivity index (χ0n) is 11.6. The topological polar surface area (TPSA) is 42.4 Å². The van der Waals surface area contributed by atoms with Crippen LogP contribution in [-0.2, 0) is 6.54 Å². The van der Waals surface area contributed by atoms with Crippen LogP contribution in [0.15, 0.2) is 45.5 Å². The third-order valence-corrected chi connectivity index (χ3v) is 4.34. The van der Waals surface area contributed by atoms with E-state index in [0.717, 1.165) is 22.3 Å². The van der Waals surface area contributed by atoms with Gasteiger partial charge in [-0.3, -0.25) is 0 Å². The van der Waals surface area contributed by atoms with Crippen molar-refractivity contribution in [2.45, 2.75) is 38.4 Å². The predicted molar refractivity (Wildman–Crippen MR) is 84.7 cm³/mol. The van der Waals surface area contributed by atoms with Gasteiger partial charge in [0.05, 0.1) is 18.5 Å². The lowest BCUT2D eigenvalue weighted by Gasteiger charge is -2.25. The van der Waals surface area contributed by atoms with E-state index in [1.54, 1.807) is 6.26 Å². The SMILES string of the molecule is CC(N)c1ccc(N(Cc2ccco2)C2CC2)c(Br)c1. The minimum atomic E-state index is 0.0554. The highest BCUT2D eigenvalue weighted by Gasteiger charge is 2.30. The van der Waals surface area contributed by atoms with Gasteiger partial charge in [0.15, 0.2) is 0 Å². The second-order valence-corrected chi connectivity index (χ2v) is 6.29. The lowest BCUT2D eigenvalue weighted by atomic mass is 10.1. The highest BCUT2D eigenvalue weighted by Crippen LogP contribution is 2.37. The van der Waals surface area contributed by atoms with Crippen molar-refractivity contribution in [3.05, 3.63) is 52.4 Å². The van der Waals surface area contributed by atoms with Gasteiger partial charge in [-0.2, -0.15) is 0 Å². The maximum atomic E-state index is 5.94. The van der Waals surface area contributed by atoms with Gasteiger partial charge < -0.3 is 15.1 Å². The highest BCUT2D eigenvalue weighted by atomic mass is 79.9. The van der Waals surface area contributed by atoms with Crippen molar-refractivity contribution >= 4 is 21.6 Å². The molecule has 2 aromatic rings. The predicted octanol–water partition coefficient (Wildman–Crippen LogP) is 4.23. The molecule has 1 saturated carbocycles. The monoisotopic (exact) mass is 334 g/mol.